The fourth-order valence-electron chi connectivity index (χ4n) is 2.14. The Kier molecular flexibility index (Phi) is 6.62. The Balaban J connectivity index is 2.38. The van der Waals surface area contributed by atoms with E-state index < -0.39 is 50.1 Å². The first kappa shape index (κ1) is 22.6. The van der Waals surface area contributed by atoms with Crippen LogP contribution in [0.3, 0.4) is 0 Å². The summed E-state index contributed by atoms with van der Waals surface area (Å²) in [5.41, 5.74) is -2.45. The van der Waals surface area contributed by atoms with Gasteiger partial charge < -0.3 is 9.47 Å². The Bertz CT molecular complexity index is 1030. The van der Waals surface area contributed by atoms with Crippen LogP contribution in [-0.2, 0) is 10.9 Å². The molecule has 1 atom stereocenters. The summed E-state index contributed by atoms with van der Waals surface area (Å²) in [5, 5.41) is 21.5. The van der Waals surface area contributed by atoms with Crippen molar-refractivity contribution in [2.45, 2.75) is 12.4 Å². The highest BCUT2D eigenvalue weighted by Crippen LogP contribution is 2.37. The first-order valence-corrected chi connectivity index (χ1v) is 8.12. The van der Waals surface area contributed by atoms with Gasteiger partial charge in [-0.15, -0.1) is 0 Å². The third-order valence-corrected chi connectivity index (χ3v) is 3.80. The number of ether oxygens (including phenoxy) is 2. The minimum absolute atomic E-state index is 0.217. The van der Waals surface area contributed by atoms with Crippen LogP contribution in [0.1, 0.15) is 15.9 Å². The summed E-state index contributed by atoms with van der Waals surface area (Å²) in [6.07, 6.45) is -5.89. The maximum absolute atomic E-state index is 12.7. The van der Waals surface area contributed by atoms with E-state index in [1.54, 1.807) is 0 Å². The van der Waals surface area contributed by atoms with E-state index in [-0.39, 0.29) is 11.5 Å². The molecular weight excluding hydrogens is 437 g/mol. The van der Waals surface area contributed by atoms with Crippen LogP contribution in [0, 0.1) is 20.2 Å². The molecule has 30 heavy (non-hydrogen) atoms. The largest absolute Gasteiger partial charge is 0.456 e. The molecule has 0 heterocycles. The summed E-state index contributed by atoms with van der Waals surface area (Å²) in [6.45, 7) is 3.12. The van der Waals surface area contributed by atoms with Crippen molar-refractivity contribution in [3.05, 3.63) is 85.4 Å². The van der Waals surface area contributed by atoms with Gasteiger partial charge in [-0.05, 0) is 24.3 Å². The average molecular weight is 447 g/mol. The van der Waals surface area contributed by atoms with Crippen LogP contribution >= 0.6 is 11.6 Å². The van der Waals surface area contributed by atoms with Crippen LogP contribution < -0.4 is 4.74 Å². The zero-order valence-corrected chi connectivity index (χ0v) is 15.3. The summed E-state index contributed by atoms with van der Waals surface area (Å²) < 4.78 is 48.0. The minimum atomic E-state index is -4.63. The SMILES string of the molecule is C=CC(OC(=O)c1cc(Oc2ccc(C(F)(F)F)cc2Cl)ccc1[N+](=O)[O-])[N+](=O)[O-]. The molecule has 0 fully saturated rings. The summed E-state index contributed by atoms with van der Waals surface area (Å²) in [5.74, 6) is -1.86. The maximum Gasteiger partial charge on any atom is 0.416 e. The van der Waals surface area contributed by atoms with E-state index in [2.05, 4.69) is 11.3 Å². The molecule has 0 saturated carbocycles. The number of nitrogens with zero attached hydrogens (tertiary/aromatic N) is 2. The number of nitro benzene ring substituents is 1. The number of carbonyl (C=O) groups is 1. The first-order valence-electron chi connectivity index (χ1n) is 7.74. The fourth-order valence-corrected chi connectivity index (χ4v) is 2.36. The van der Waals surface area contributed by atoms with Gasteiger partial charge in [0.2, 0.25) is 0 Å². The van der Waals surface area contributed by atoms with Crippen molar-refractivity contribution in [2.75, 3.05) is 0 Å². The highest BCUT2D eigenvalue weighted by Gasteiger charge is 2.31. The number of nitro groups is 2. The summed E-state index contributed by atoms with van der Waals surface area (Å²) in [7, 11) is 0. The quantitative estimate of drug-likeness (QED) is 0.193. The standard InChI is InChI=1S/C17H10ClF3N2O7/c1-2-15(23(27)28)30-16(24)11-8-10(4-5-13(11)22(25)26)29-14-6-3-9(7-12(14)18)17(19,20)21/h2-8,15H,1H2. The molecule has 13 heteroatoms. The summed E-state index contributed by atoms with van der Waals surface area (Å²) >= 11 is 5.78. The smallest absolute Gasteiger partial charge is 0.416 e. The Labute approximate surface area is 170 Å². The van der Waals surface area contributed by atoms with Crippen LogP contribution in [0.2, 0.25) is 5.02 Å². The molecular formula is C17H10ClF3N2O7. The van der Waals surface area contributed by atoms with Gasteiger partial charge in [0.15, 0.2) is 0 Å². The van der Waals surface area contributed by atoms with Crippen molar-refractivity contribution in [1.82, 2.24) is 0 Å². The molecule has 158 valence electrons. The summed E-state index contributed by atoms with van der Waals surface area (Å²) in [6, 6.07) is 5.00. The molecule has 0 aliphatic rings. The number of esters is 1. The third kappa shape index (κ3) is 5.23. The van der Waals surface area contributed by atoms with Crippen molar-refractivity contribution in [2.24, 2.45) is 0 Å². The highest BCUT2D eigenvalue weighted by atomic mass is 35.5. The normalized spacial score (nSPS) is 12.0. The number of halogens is 4. The zero-order valence-electron chi connectivity index (χ0n) is 14.6. The third-order valence-electron chi connectivity index (χ3n) is 3.51. The van der Waals surface area contributed by atoms with Crippen LogP contribution in [0.25, 0.3) is 0 Å². The van der Waals surface area contributed by atoms with E-state index in [1.807, 2.05) is 0 Å². The van der Waals surface area contributed by atoms with Crippen LogP contribution in [0.15, 0.2) is 49.1 Å². The van der Waals surface area contributed by atoms with Crippen molar-refractivity contribution < 1.29 is 37.3 Å². The number of carbonyl (C=O) groups excluding carboxylic acids is 1. The number of benzene rings is 2. The van der Waals surface area contributed by atoms with Gasteiger partial charge >= 0.3 is 18.4 Å². The number of hydrogen-bond acceptors (Lipinski definition) is 7. The van der Waals surface area contributed by atoms with Gasteiger partial charge in [0.25, 0.3) is 5.69 Å². The van der Waals surface area contributed by atoms with E-state index in [9.17, 15) is 38.2 Å². The number of rotatable bonds is 7. The second-order valence-electron chi connectivity index (χ2n) is 5.50. The molecule has 0 aromatic heterocycles. The van der Waals surface area contributed by atoms with Crippen LogP contribution in [0.5, 0.6) is 11.5 Å². The lowest BCUT2D eigenvalue weighted by Crippen LogP contribution is -2.24. The van der Waals surface area contributed by atoms with Gasteiger partial charge in [-0.25, -0.2) is 4.79 Å². The molecule has 0 N–H and O–H groups in total. The van der Waals surface area contributed by atoms with Gasteiger partial charge in [0.05, 0.1) is 20.4 Å². The average Bonchev–Trinajstić information content (AvgIpc) is 2.66. The maximum atomic E-state index is 12.7. The zero-order chi connectivity index (χ0) is 22.6. The van der Waals surface area contributed by atoms with Gasteiger partial charge in [-0.3, -0.25) is 20.2 Å². The predicted molar refractivity (Wildman–Crippen MR) is 96.0 cm³/mol. The van der Waals surface area contributed by atoms with Gasteiger partial charge in [-0.2, -0.15) is 13.2 Å². The topological polar surface area (TPSA) is 122 Å². The van der Waals surface area contributed by atoms with Crippen molar-refractivity contribution in [3.8, 4) is 11.5 Å². The molecule has 0 aliphatic carbocycles. The fraction of sp³-hybridized carbons (Fsp3) is 0.118. The number of hydrogen-bond donors (Lipinski definition) is 0. The minimum Gasteiger partial charge on any atom is -0.456 e. The molecule has 9 nitrogen and oxygen atoms in total. The van der Waals surface area contributed by atoms with E-state index in [0.29, 0.717) is 18.2 Å². The molecule has 2 rings (SSSR count). The molecule has 1 unspecified atom stereocenters. The van der Waals surface area contributed by atoms with Crippen LogP contribution in [0.4, 0.5) is 18.9 Å². The lowest BCUT2D eigenvalue weighted by molar-refractivity contribution is -0.552. The number of alkyl halides is 3. The Morgan fingerprint density at radius 2 is 1.83 bits per heavy atom. The molecule has 0 bridgehead atoms. The second-order valence-corrected chi connectivity index (χ2v) is 5.91. The monoisotopic (exact) mass is 446 g/mol. The summed E-state index contributed by atoms with van der Waals surface area (Å²) in [4.78, 5) is 32.2. The molecule has 0 saturated heterocycles. The lowest BCUT2D eigenvalue weighted by atomic mass is 10.1. The Hall–Kier alpha value is -3.67. The molecule has 2 aromatic rings. The van der Waals surface area contributed by atoms with Gasteiger partial charge in [-0.1, -0.05) is 18.2 Å². The molecule has 0 spiro atoms. The highest BCUT2D eigenvalue weighted by molar-refractivity contribution is 6.32. The molecule has 2 aromatic carbocycles. The van der Waals surface area contributed by atoms with Crippen molar-refractivity contribution in [1.29, 1.82) is 0 Å². The van der Waals surface area contributed by atoms with Crippen LogP contribution in [-0.4, -0.2) is 22.0 Å². The predicted octanol–water partition coefficient (Wildman–Crippen LogP) is 5.00. The van der Waals surface area contributed by atoms with Gasteiger partial charge in [0.1, 0.15) is 17.1 Å². The molecule has 0 aliphatic heterocycles. The molecule has 0 amide bonds. The second kappa shape index (κ2) is 8.78. The van der Waals surface area contributed by atoms with E-state index in [4.69, 9.17) is 16.3 Å². The Morgan fingerprint density at radius 1 is 1.17 bits per heavy atom. The first-order chi connectivity index (χ1) is 13.9. The van der Waals surface area contributed by atoms with E-state index in [0.717, 1.165) is 24.3 Å². The lowest BCUT2D eigenvalue weighted by Gasteiger charge is -2.12. The molecule has 0 radical (unpaired) electrons. The Morgan fingerprint density at radius 3 is 2.33 bits per heavy atom. The van der Waals surface area contributed by atoms with Gasteiger partial charge in [0, 0.05) is 18.2 Å². The van der Waals surface area contributed by atoms with Crippen molar-refractivity contribution >= 4 is 23.3 Å². The van der Waals surface area contributed by atoms with E-state index >= 15 is 0 Å². The van der Waals surface area contributed by atoms with E-state index in [1.165, 1.54) is 0 Å². The van der Waals surface area contributed by atoms with Crippen molar-refractivity contribution in [3.63, 3.8) is 0 Å².